The van der Waals surface area contributed by atoms with Gasteiger partial charge in [0, 0.05) is 0 Å². The van der Waals surface area contributed by atoms with E-state index in [0.29, 0.717) is 17.0 Å². The Morgan fingerprint density at radius 1 is 1.28 bits per heavy atom. The van der Waals surface area contributed by atoms with Crippen LogP contribution in [0.4, 0.5) is 19.0 Å². The summed E-state index contributed by atoms with van der Waals surface area (Å²) in [5.74, 6) is 0.338. The molecule has 0 fully saturated rings. The molecule has 0 radical (unpaired) electrons. The van der Waals surface area contributed by atoms with Crippen molar-refractivity contribution in [3.63, 3.8) is 0 Å². The molecule has 3 nitrogen and oxygen atoms in total. The van der Waals surface area contributed by atoms with Gasteiger partial charge in [0.1, 0.15) is 0 Å². The SMILES string of the molecule is CC.Cc1nn2c(N)cccc2c1[Se]C(F)(F)F. The van der Waals surface area contributed by atoms with E-state index in [4.69, 9.17) is 5.73 Å². The minimum atomic E-state index is -4.17. The van der Waals surface area contributed by atoms with E-state index in [1.807, 2.05) is 13.8 Å². The summed E-state index contributed by atoms with van der Waals surface area (Å²) in [4.78, 5) is 0. The number of hydrogen-bond donors (Lipinski definition) is 1. The summed E-state index contributed by atoms with van der Waals surface area (Å²) in [7, 11) is 0. The van der Waals surface area contributed by atoms with Gasteiger partial charge in [0.15, 0.2) is 0 Å². The van der Waals surface area contributed by atoms with Crippen LogP contribution in [0.5, 0.6) is 0 Å². The van der Waals surface area contributed by atoms with Gasteiger partial charge in [0.05, 0.1) is 0 Å². The van der Waals surface area contributed by atoms with Crippen LogP contribution in [0.15, 0.2) is 18.2 Å². The summed E-state index contributed by atoms with van der Waals surface area (Å²) in [6.07, 6.45) is 0. The van der Waals surface area contributed by atoms with Crippen molar-refractivity contribution >= 4 is 30.8 Å². The van der Waals surface area contributed by atoms with E-state index in [0.717, 1.165) is 0 Å². The van der Waals surface area contributed by atoms with Gasteiger partial charge in [-0.15, -0.1) is 0 Å². The van der Waals surface area contributed by atoms with Gasteiger partial charge >= 0.3 is 95.2 Å². The molecule has 2 N–H and O–H groups in total. The van der Waals surface area contributed by atoms with Gasteiger partial charge < -0.3 is 0 Å². The van der Waals surface area contributed by atoms with Gasteiger partial charge in [-0.05, 0) is 0 Å². The van der Waals surface area contributed by atoms with E-state index in [1.54, 1.807) is 25.1 Å². The molecular weight excluding hydrogens is 310 g/mol. The minimum absolute atomic E-state index is 0.243. The number of alkyl halides is 3. The Balaban J connectivity index is 0.000000771. The number of nitrogens with zero attached hydrogens (tertiary/aromatic N) is 2. The standard InChI is InChI=1S/C9H8F3N3Se.C2H6/c1-5-8(16-9(10,11)12)6-3-2-4-7(13)15(6)14-5;1-2/h2-4H,13H2,1H3;1-2H3. The van der Waals surface area contributed by atoms with Crippen molar-refractivity contribution in [2.45, 2.75) is 25.8 Å². The zero-order valence-electron chi connectivity index (χ0n) is 10.2. The van der Waals surface area contributed by atoms with Crippen molar-refractivity contribution < 1.29 is 13.2 Å². The van der Waals surface area contributed by atoms with Crippen LogP contribution >= 0.6 is 0 Å². The zero-order valence-corrected chi connectivity index (χ0v) is 12.0. The molecule has 0 saturated carbocycles. The Kier molecular flexibility index (Phi) is 4.64. The summed E-state index contributed by atoms with van der Waals surface area (Å²) in [6.45, 7) is 5.56. The average Bonchev–Trinajstić information content (AvgIpc) is 2.59. The predicted octanol–water partition coefficient (Wildman–Crippen LogP) is 2.10. The molecule has 100 valence electrons. The summed E-state index contributed by atoms with van der Waals surface area (Å²) in [5.41, 5.74) is 6.45. The fourth-order valence-corrected chi connectivity index (χ4v) is 2.85. The Morgan fingerprint density at radius 3 is 2.44 bits per heavy atom. The molecule has 2 rings (SSSR count). The molecule has 0 aliphatic heterocycles. The van der Waals surface area contributed by atoms with Crippen molar-refractivity contribution in [3.05, 3.63) is 23.9 Å². The second kappa shape index (κ2) is 5.63. The maximum atomic E-state index is 12.4. The number of anilines is 1. The van der Waals surface area contributed by atoms with E-state index in [9.17, 15) is 13.2 Å². The quantitative estimate of drug-likeness (QED) is 0.817. The molecule has 0 bridgehead atoms. The van der Waals surface area contributed by atoms with Gasteiger partial charge in [-0.25, -0.2) is 0 Å². The molecular formula is C11H14F3N3Se. The number of pyridine rings is 1. The van der Waals surface area contributed by atoms with Crippen molar-refractivity contribution in [2.75, 3.05) is 5.73 Å². The van der Waals surface area contributed by atoms with Crippen LogP contribution in [0.2, 0.25) is 0 Å². The van der Waals surface area contributed by atoms with Gasteiger partial charge in [0.2, 0.25) is 0 Å². The fourth-order valence-electron chi connectivity index (χ4n) is 1.42. The summed E-state index contributed by atoms with van der Waals surface area (Å²) in [6, 6.07) is 4.82. The first kappa shape index (κ1) is 14.9. The van der Waals surface area contributed by atoms with Gasteiger partial charge in [-0.1, -0.05) is 13.8 Å². The normalized spacial score (nSPS) is 11.2. The van der Waals surface area contributed by atoms with Crippen LogP contribution in [0.25, 0.3) is 5.52 Å². The number of fused-ring (bicyclic) bond motifs is 1. The molecule has 0 spiro atoms. The number of aryl methyl sites for hydroxylation is 1. The predicted molar refractivity (Wildman–Crippen MR) is 67.1 cm³/mol. The molecule has 7 heteroatoms. The van der Waals surface area contributed by atoms with E-state index < -0.39 is 20.0 Å². The number of nitrogens with two attached hydrogens (primary N) is 1. The van der Waals surface area contributed by atoms with Crippen molar-refractivity contribution in [1.82, 2.24) is 9.61 Å². The molecule has 0 atom stereocenters. The molecule has 0 aliphatic carbocycles. The molecule has 2 aromatic rings. The van der Waals surface area contributed by atoms with Crippen molar-refractivity contribution in [3.8, 4) is 0 Å². The van der Waals surface area contributed by atoms with Crippen LogP contribution in [0, 0.1) is 6.92 Å². The van der Waals surface area contributed by atoms with E-state index in [1.165, 1.54) is 4.52 Å². The van der Waals surface area contributed by atoms with Crippen molar-refractivity contribution in [2.24, 2.45) is 0 Å². The topological polar surface area (TPSA) is 43.3 Å². The monoisotopic (exact) mass is 325 g/mol. The molecule has 0 amide bonds. The number of hydrogen-bond acceptors (Lipinski definition) is 2. The molecule has 0 aromatic carbocycles. The van der Waals surface area contributed by atoms with Crippen LogP contribution in [-0.4, -0.2) is 29.6 Å². The van der Waals surface area contributed by atoms with E-state index >= 15 is 0 Å². The number of aromatic nitrogens is 2. The van der Waals surface area contributed by atoms with E-state index in [2.05, 4.69) is 5.10 Å². The maximum absolute atomic E-state index is 12.4. The van der Waals surface area contributed by atoms with Crippen molar-refractivity contribution in [1.29, 1.82) is 0 Å². The third kappa shape index (κ3) is 3.17. The third-order valence-electron chi connectivity index (χ3n) is 2.02. The number of rotatable bonds is 1. The Bertz CT molecular complexity index is 534. The molecule has 0 aliphatic rings. The molecule has 18 heavy (non-hydrogen) atoms. The summed E-state index contributed by atoms with van der Waals surface area (Å²) in [5, 5.41) is -0.171. The second-order valence-corrected chi connectivity index (χ2v) is 5.47. The second-order valence-electron chi connectivity index (χ2n) is 3.21. The molecule has 2 aromatic heterocycles. The molecule has 0 unspecified atom stereocenters. The zero-order chi connectivity index (χ0) is 13.9. The van der Waals surface area contributed by atoms with Gasteiger partial charge in [0.25, 0.3) is 0 Å². The Morgan fingerprint density at radius 2 is 1.89 bits per heavy atom. The van der Waals surface area contributed by atoms with Crippen LogP contribution in [0.3, 0.4) is 0 Å². The molecule has 0 saturated heterocycles. The first-order chi connectivity index (χ1) is 8.38. The third-order valence-corrected chi connectivity index (χ3v) is 4.00. The van der Waals surface area contributed by atoms with Crippen LogP contribution in [0.1, 0.15) is 19.5 Å². The molecule has 2 heterocycles. The van der Waals surface area contributed by atoms with Gasteiger partial charge in [-0.3, -0.25) is 0 Å². The van der Waals surface area contributed by atoms with Crippen LogP contribution < -0.4 is 10.2 Å². The van der Waals surface area contributed by atoms with Crippen LogP contribution in [-0.2, 0) is 0 Å². The summed E-state index contributed by atoms with van der Waals surface area (Å²) >= 11 is -1.59. The first-order valence-corrected chi connectivity index (χ1v) is 7.09. The summed E-state index contributed by atoms with van der Waals surface area (Å²) < 4.78 is 38.7. The number of halogens is 3. The average molecular weight is 324 g/mol. The number of nitrogen functional groups attached to an aromatic ring is 1. The fraction of sp³-hybridized carbons (Fsp3) is 0.364. The van der Waals surface area contributed by atoms with E-state index in [-0.39, 0.29) is 4.46 Å². The Labute approximate surface area is 109 Å². The van der Waals surface area contributed by atoms with Gasteiger partial charge in [-0.2, -0.15) is 0 Å². The first-order valence-electron chi connectivity index (χ1n) is 5.38. The Hall–Kier alpha value is -1.20.